The average molecular weight is 499 g/mol. The predicted octanol–water partition coefficient (Wildman–Crippen LogP) is 3.66. The summed E-state index contributed by atoms with van der Waals surface area (Å²) in [5.74, 6) is 5.08. The Kier molecular flexibility index (Phi) is 11.8. The quantitative estimate of drug-likeness (QED) is 0.134. The van der Waals surface area contributed by atoms with Crippen LogP contribution in [-0.2, 0) is 18.8 Å². The molecule has 1 aliphatic rings. The van der Waals surface area contributed by atoms with Gasteiger partial charge in [0, 0.05) is 31.8 Å². The molecule has 1 aromatic carbocycles. The number of nitrogens with zero attached hydrogens (tertiary/aromatic N) is 4. The van der Waals surface area contributed by atoms with Gasteiger partial charge in [0.2, 0.25) is 5.96 Å². The van der Waals surface area contributed by atoms with Gasteiger partial charge in [0.1, 0.15) is 17.3 Å². The van der Waals surface area contributed by atoms with Crippen LogP contribution in [-0.4, -0.2) is 68.4 Å². The Balaban J connectivity index is 1.29. The summed E-state index contributed by atoms with van der Waals surface area (Å²) in [6.45, 7) is 6.07. The van der Waals surface area contributed by atoms with Gasteiger partial charge in [-0.2, -0.15) is 17.0 Å². The van der Waals surface area contributed by atoms with E-state index in [1.807, 2.05) is 38.5 Å². The minimum absolute atomic E-state index is 0.506. The topological polar surface area (TPSA) is 89.1 Å². The average Bonchev–Trinajstić information content (AvgIpc) is 3.50. The molecule has 0 saturated carbocycles. The number of aliphatic imine (C=N–C) groups is 1. The maximum absolute atomic E-state index is 9.00. The highest BCUT2D eigenvalue weighted by Crippen LogP contribution is 2.18. The van der Waals surface area contributed by atoms with E-state index >= 15 is 0 Å². The fraction of sp³-hybridized carbons (Fsp3) is 0.538. The molecule has 1 aliphatic heterocycles. The van der Waals surface area contributed by atoms with Crippen LogP contribution in [0, 0.1) is 11.5 Å². The number of guanidine groups is 1. The van der Waals surface area contributed by atoms with Gasteiger partial charge in [-0.25, -0.2) is 0 Å². The Morgan fingerprint density at radius 2 is 2.06 bits per heavy atom. The van der Waals surface area contributed by atoms with E-state index in [4.69, 9.17) is 14.4 Å². The molecule has 9 heteroatoms. The van der Waals surface area contributed by atoms with Crippen molar-refractivity contribution >= 4 is 17.7 Å². The molecule has 1 fully saturated rings. The Labute approximate surface area is 213 Å². The Morgan fingerprint density at radius 3 is 2.86 bits per heavy atom. The van der Waals surface area contributed by atoms with Crippen LogP contribution in [0.4, 0.5) is 0 Å². The van der Waals surface area contributed by atoms with E-state index in [1.54, 1.807) is 11.8 Å². The van der Waals surface area contributed by atoms with Crippen molar-refractivity contribution in [3.8, 4) is 11.9 Å². The van der Waals surface area contributed by atoms with Gasteiger partial charge in [0.15, 0.2) is 6.19 Å². The van der Waals surface area contributed by atoms with Crippen molar-refractivity contribution in [3.05, 3.63) is 53.5 Å². The molecular weight excluding hydrogens is 460 g/mol. The lowest BCUT2D eigenvalue weighted by molar-refractivity contribution is 0.309. The van der Waals surface area contributed by atoms with Crippen LogP contribution < -0.4 is 15.4 Å². The summed E-state index contributed by atoms with van der Waals surface area (Å²) in [5, 5.41) is 14.8. The standard InChI is InChI=1S/C26H38N6O2S/c1-31(2)19-24-9-10-25(34-24)20-35-16-12-29-26(30-21-27)28-11-6-15-33-23-8-5-7-22(17-23)18-32-13-3-4-14-32/h5,7-10,17H,3-4,6,11-16,18-20H2,1-2H3,(H2,28,29,30). The smallest absolute Gasteiger partial charge is 0.204 e. The second kappa shape index (κ2) is 15.4. The first-order valence-corrected chi connectivity index (χ1v) is 13.5. The van der Waals surface area contributed by atoms with E-state index < -0.39 is 0 Å². The van der Waals surface area contributed by atoms with E-state index in [2.05, 4.69) is 43.6 Å². The number of nitrogens with one attached hydrogen (secondary N) is 2. The molecule has 0 spiro atoms. The SMILES string of the molecule is CN(C)Cc1ccc(CSCCNC(=NCCCOc2cccc(CN3CCCC3)c2)NC#N)o1. The number of rotatable bonds is 14. The summed E-state index contributed by atoms with van der Waals surface area (Å²) in [6, 6.07) is 12.4. The van der Waals surface area contributed by atoms with Gasteiger partial charge in [-0.15, -0.1) is 0 Å². The third-order valence-corrected chi connectivity index (χ3v) is 6.47. The highest BCUT2D eigenvalue weighted by Gasteiger charge is 2.11. The Hall–Kier alpha value is -2.67. The van der Waals surface area contributed by atoms with Crippen molar-refractivity contribution in [2.24, 2.45) is 4.99 Å². The number of furan rings is 1. The number of nitriles is 1. The molecule has 0 aliphatic carbocycles. The molecule has 0 atom stereocenters. The molecule has 3 rings (SSSR count). The van der Waals surface area contributed by atoms with Crippen molar-refractivity contribution in [2.75, 3.05) is 52.6 Å². The van der Waals surface area contributed by atoms with Gasteiger partial charge in [-0.3, -0.25) is 15.2 Å². The Bertz CT molecular complexity index is 949. The van der Waals surface area contributed by atoms with Crippen LogP contribution >= 0.6 is 11.8 Å². The first-order chi connectivity index (χ1) is 17.1. The zero-order chi connectivity index (χ0) is 24.7. The van der Waals surface area contributed by atoms with Gasteiger partial charge in [0.05, 0.1) is 18.9 Å². The molecule has 190 valence electrons. The lowest BCUT2D eigenvalue weighted by Crippen LogP contribution is -2.36. The van der Waals surface area contributed by atoms with Crippen molar-refractivity contribution in [1.29, 1.82) is 5.26 Å². The van der Waals surface area contributed by atoms with Crippen molar-refractivity contribution in [1.82, 2.24) is 20.4 Å². The number of hydrogen-bond donors (Lipinski definition) is 2. The van der Waals surface area contributed by atoms with E-state index in [9.17, 15) is 0 Å². The molecule has 1 aromatic heterocycles. The summed E-state index contributed by atoms with van der Waals surface area (Å²) < 4.78 is 11.8. The number of benzene rings is 1. The molecule has 1 saturated heterocycles. The maximum Gasteiger partial charge on any atom is 0.204 e. The van der Waals surface area contributed by atoms with Crippen molar-refractivity contribution in [3.63, 3.8) is 0 Å². The van der Waals surface area contributed by atoms with Crippen LogP contribution in [0.25, 0.3) is 0 Å². The van der Waals surface area contributed by atoms with Gasteiger partial charge < -0.3 is 19.4 Å². The lowest BCUT2D eigenvalue weighted by Gasteiger charge is -2.15. The molecule has 0 unspecified atom stereocenters. The largest absolute Gasteiger partial charge is 0.494 e. The fourth-order valence-electron chi connectivity index (χ4n) is 3.88. The van der Waals surface area contributed by atoms with Crippen LogP contribution in [0.2, 0.25) is 0 Å². The molecule has 0 amide bonds. The van der Waals surface area contributed by atoms with E-state index in [0.29, 0.717) is 25.7 Å². The first-order valence-electron chi connectivity index (χ1n) is 12.3. The molecule has 8 nitrogen and oxygen atoms in total. The van der Waals surface area contributed by atoms with Crippen LogP contribution in [0.15, 0.2) is 45.8 Å². The predicted molar refractivity (Wildman–Crippen MR) is 142 cm³/mol. The molecule has 0 bridgehead atoms. The van der Waals surface area contributed by atoms with Gasteiger partial charge >= 0.3 is 0 Å². The molecule has 0 radical (unpaired) electrons. The minimum atomic E-state index is 0.506. The molecule has 2 N–H and O–H groups in total. The summed E-state index contributed by atoms with van der Waals surface area (Å²) in [5.41, 5.74) is 1.30. The zero-order valence-electron chi connectivity index (χ0n) is 21.0. The monoisotopic (exact) mass is 498 g/mol. The zero-order valence-corrected chi connectivity index (χ0v) is 21.8. The second-order valence-electron chi connectivity index (χ2n) is 8.88. The van der Waals surface area contributed by atoms with Crippen molar-refractivity contribution in [2.45, 2.75) is 38.1 Å². The van der Waals surface area contributed by atoms with Crippen LogP contribution in [0.5, 0.6) is 5.75 Å². The summed E-state index contributed by atoms with van der Waals surface area (Å²) in [4.78, 5) is 9.04. The maximum atomic E-state index is 9.00. The third-order valence-electron chi connectivity index (χ3n) is 5.49. The Morgan fingerprint density at radius 1 is 1.23 bits per heavy atom. The molecular formula is C26H38N6O2S. The van der Waals surface area contributed by atoms with Crippen molar-refractivity contribution < 1.29 is 9.15 Å². The molecule has 2 heterocycles. The summed E-state index contributed by atoms with van der Waals surface area (Å²) >= 11 is 1.78. The normalized spacial score (nSPS) is 14.3. The summed E-state index contributed by atoms with van der Waals surface area (Å²) in [7, 11) is 4.05. The first kappa shape index (κ1) is 26.9. The number of hydrogen-bond acceptors (Lipinski definition) is 7. The fourth-order valence-corrected chi connectivity index (χ4v) is 4.63. The van der Waals surface area contributed by atoms with E-state index in [0.717, 1.165) is 48.3 Å². The lowest BCUT2D eigenvalue weighted by atomic mass is 10.2. The van der Waals surface area contributed by atoms with Gasteiger partial charge in [-0.05, 0) is 69.9 Å². The van der Waals surface area contributed by atoms with Crippen LogP contribution in [0.3, 0.4) is 0 Å². The highest BCUT2D eigenvalue weighted by molar-refractivity contribution is 7.98. The number of thioether (sulfide) groups is 1. The minimum Gasteiger partial charge on any atom is -0.494 e. The molecule has 35 heavy (non-hydrogen) atoms. The van der Waals surface area contributed by atoms with Gasteiger partial charge in [0.25, 0.3) is 0 Å². The second-order valence-corrected chi connectivity index (χ2v) is 9.99. The number of ether oxygens (including phenoxy) is 1. The van der Waals surface area contributed by atoms with Crippen LogP contribution in [0.1, 0.15) is 36.3 Å². The summed E-state index contributed by atoms with van der Waals surface area (Å²) in [6.07, 6.45) is 5.33. The van der Waals surface area contributed by atoms with E-state index in [1.165, 1.54) is 31.5 Å². The van der Waals surface area contributed by atoms with Gasteiger partial charge in [-0.1, -0.05) is 12.1 Å². The highest BCUT2D eigenvalue weighted by atomic mass is 32.2. The third kappa shape index (κ3) is 10.6. The number of likely N-dealkylation sites (tertiary alicyclic amines) is 1. The van der Waals surface area contributed by atoms with E-state index in [-0.39, 0.29) is 0 Å². The molecule has 2 aromatic rings.